The number of nitro benzene ring substituents is 1. The van der Waals surface area contributed by atoms with E-state index in [0.717, 1.165) is 29.5 Å². The molecule has 3 rings (SSSR count). The molecule has 0 amide bonds. The molecule has 0 aliphatic carbocycles. The fourth-order valence-electron chi connectivity index (χ4n) is 2.69. The second-order valence-electron chi connectivity index (χ2n) is 4.98. The predicted molar refractivity (Wildman–Crippen MR) is 86.3 cm³/mol. The molecular formula is C13H14IN5O2. The highest BCUT2D eigenvalue weighted by molar-refractivity contribution is 14.1. The Hall–Kier alpha value is -1.71. The summed E-state index contributed by atoms with van der Waals surface area (Å²) >= 11 is 2.10. The summed E-state index contributed by atoms with van der Waals surface area (Å²) in [6.07, 6.45) is 5.09. The van der Waals surface area contributed by atoms with E-state index in [1.165, 1.54) is 6.33 Å². The molecule has 21 heavy (non-hydrogen) atoms. The third kappa shape index (κ3) is 2.99. The highest BCUT2D eigenvalue weighted by Gasteiger charge is 2.25. The molecule has 8 heteroatoms. The van der Waals surface area contributed by atoms with Gasteiger partial charge >= 0.3 is 0 Å². The lowest BCUT2D eigenvalue weighted by atomic mass is 10.0. The zero-order valence-electron chi connectivity index (χ0n) is 11.2. The minimum Gasteiger partial charge on any atom is -0.366 e. The van der Waals surface area contributed by atoms with Crippen molar-refractivity contribution in [3.63, 3.8) is 0 Å². The van der Waals surface area contributed by atoms with Gasteiger partial charge in [-0.3, -0.25) is 10.1 Å². The maximum absolute atomic E-state index is 11.2. The van der Waals surface area contributed by atoms with Crippen LogP contribution in [0.2, 0.25) is 0 Å². The first-order chi connectivity index (χ1) is 10.1. The van der Waals surface area contributed by atoms with Crippen molar-refractivity contribution in [2.24, 2.45) is 0 Å². The Bertz CT molecular complexity index is 638. The number of nitro groups is 1. The molecule has 7 nitrogen and oxygen atoms in total. The largest absolute Gasteiger partial charge is 0.366 e. The lowest BCUT2D eigenvalue weighted by Gasteiger charge is -2.33. The Labute approximate surface area is 135 Å². The van der Waals surface area contributed by atoms with Crippen LogP contribution in [0.25, 0.3) is 0 Å². The van der Waals surface area contributed by atoms with E-state index in [0.29, 0.717) is 11.7 Å². The Kier molecular flexibility index (Phi) is 4.04. The first kappa shape index (κ1) is 14.2. The third-order valence-corrected chi connectivity index (χ3v) is 4.42. The third-order valence-electron chi connectivity index (χ3n) is 3.75. The quantitative estimate of drug-likeness (QED) is 0.451. The summed E-state index contributed by atoms with van der Waals surface area (Å²) in [6.45, 7) is 1.57. The van der Waals surface area contributed by atoms with Crippen molar-refractivity contribution < 1.29 is 4.92 Å². The van der Waals surface area contributed by atoms with Crippen molar-refractivity contribution in [2.75, 3.05) is 18.0 Å². The van der Waals surface area contributed by atoms with Gasteiger partial charge in [0.1, 0.15) is 18.3 Å². The van der Waals surface area contributed by atoms with Crippen LogP contribution < -0.4 is 4.90 Å². The molecule has 0 bridgehead atoms. The SMILES string of the molecule is O=[N+]([O-])c1cc(I)ccc1N1CCC(n2cncn2)CC1. The highest BCUT2D eigenvalue weighted by Crippen LogP contribution is 2.33. The van der Waals surface area contributed by atoms with Crippen LogP contribution in [0.5, 0.6) is 0 Å². The molecular weight excluding hydrogens is 385 g/mol. The molecule has 1 aliphatic heterocycles. The van der Waals surface area contributed by atoms with Crippen LogP contribution in [0.15, 0.2) is 30.9 Å². The van der Waals surface area contributed by atoms with E-state index >= 15 is 0 Å². The average Bonchev–Trinajstić information content (AvgIpc) is 3.01. The minimum absolute atomic E-state index is 0.182. The number of hydrogen-bond acceptors (Lipinski definition) is 5. The van der Waals surface area contributed by atoms with Crippen molar-refractivity contribution in [2.45, 2.75) is 18.9 Å². The number of aromatic nitrogens is 3. The topological polar surface area (TPSA) is 77.1 Å². The molecule has 2 heterocycles. The van der Waals surface area contributed by atoms with E-state index in [1.807, 2.05) is 16.8 Å². The lowest BCUT2D eigenvalue weighted by molar-refractivity contribution is -0.384. The fraction of sp³-hybridized carbons (Fsp3) is 0.385. The first-order valence-corrected chi connectivity index (χ1v) is 7.76. The summed E-state index contributed by atoms with van der Waals surface area (Å²) < 4.78 is 2.75. The maximum atomic E-state index is 11.2. The first-order valence-electron chi connectivity index (χ1n) is 6.68. The molecule has 1 saturated heterocycles. The molecule has 0 saturated carbocycles. The van der Waals surface area contributed by atoms with Gasteiger partial charge in [-0.2, -0.15) is 5.10 Å². The Morgan fingerprint density at radius 1 is 1.33 bits per heavy atom. The van der Waals surface area contributed by atoms with Crippen molar-refractivity contribution in [1.82, 2.24) is 14.8 Å². The van der Waals surface area contributed by atoms with E-state index in [4.69, 9.17) is 0 Å². The lowest BCUT2D eigenvalue weighted by Crippen LogP contribution is -2.35. The van der Waals surface area contributed by atoms with Gasteiger partial charge in [-0.05, 0) is 47.6 Å². The summed E-state index contributed by atoms with van der Waals surface area (Å²) in [5.74, 6) is 0. The van der Waals surface area contributed by atoms with Gasteiger partial charge in [-0.15, -0.1) is 0 Å². The molecule has 1 aromatic carbocycles. The summed E-state index contributed by atoms with van der Waals surface area (Å²) in [5.41, 5.74) is 0.888. The second-order valence-corrected chi connectivity index (χ2v) is 6.23. The highest BCUT2D eigenvalue weighted by atomic mass is 127. The van der Waals surface area contributed by atoms with Gasteiger partial charge in [0.2, 0.25) is 0 Å². The smallest absolute Gasteiger partial charge is 0.293 e. The minimum atomic E-state index is -0.305. The molecule has 0 unspecified atom stereocenters. The molecule has 0 spiro atoms. The van der Waals surface area contributed by atoms with E-state index < -0.39 is 0 Å². The molecule has 1 aliphatic rings. The number of anilines is 1. The Morgan fingerprint density at radius 3 is 2.71 bits per heavy atom. The molecule has 110 valence electrons. The normalized spacial score (nSPS) is 16.1. The molecule has 1 aromatic heterocycles. The number of piperidine rings is 1. The molecule has 0 atom stereocenters. The number of nitrogens with zero attached hydrogens (tertiary/aromatic N) is 5. The van der Waals surface area contributed by atoms with Crippen molar-refractivity contribution >= 4 is 34.0 Å². The van der Waals surface area contributed by atoms with Crippen molar-refractivity contribution in [3.05, 3.63) is 44.5 Å². The number of benzene rings is 1. The summed E-state index contributed by atoms with van der Waals surface area (Å²) in [7, 11) is 0. The molecule has 0 N–H and O–H groups in total. The van der Waals surface area contributed by atoms with Crippen LogP contribution in [0.4, 0.5) is 11.4 Å². The van der Waals surface area contributed by atoms with Gasteiger partial charge in [0.05, 0.1) is 11.0 Å². The van der Waals surface area contributed by atoms with E-state index in [1.54, 1.807) is 12.4 Å². The van der Waals surface area contributed by atoms with Gasteiger partial charge in [-0.25, -0.2) is 9.67 Å². The van der Waals surface area contributed by atoms with Gasteiger partial charge in [-0.1, -0.05) is 0 Å². The number of halogens is 1. The Balaban J connectivity index is 1.76. The second kappa shape index (κ2) is 5.96. The van der Waals surface area contributed by atoms with Crippen LogP contribution in [-0.4, -0.2) is 32.8 Å². The molecule has 2 aromatic rings. The fourth-order valence-corrected chi connectivity index (χ4v) is 3.16. The van der Waals surface area contributed by atoms with Gasteiger partial charge in [0.15, 0.2) is 0 Å². The average molecular weight is 399 g/mol. The molecule has 0 radical (unpaired) electrons. The molecule has 1 fully saturated rings. The van der Waals surface area contributed by atoms with Crippen LogP contribution >= 0.6 is 22.6 Å². The maximum Gasteiger partial charge on any atom is 0.293 e. The zero-order valence-corrected chi connectivity index (χ0v) is 13.4. The van der Waals surface area contributed by atoms with E-state index in [2.05, 4.69) is 37.6 Å². The van der Waals surface area contributed by atoms with E-state index in [-0.39, 0.29) is 10.6 Å². The van der Waals surface area contributed by atoms with Crippen molar-refractivity contribution in [3.8, 4) is 0 Å². The Morgan fingerprint density at radius 2 is 2.10 bits per heavy atom. The summed E-state index contributed by atoms with van der Waals surface area (Å²) in [5, 5.41) is 15.4. The monoisotopic (exact) mass is 399 g/mol. The van der Waals surface area contributed by atoms with Crippen LogP contribution in [-0.2, 0) is 0 Å². The van der Waals surface area contributed by atoms with Gasteiger partial charge in [0.25, 0.3) is 5.69 Å². The van der Waals surface area contributed by atoms with E-state index in [9.17, 15) is 10.1 Å². The number of rotatable bonds is 3. The van der Waals surface area contributed by atoms with Gasteiger partial charge < -0.3 is 4.90 Å². The van der Waals surface area contributed by atoms with Gasteiger partial charge in [0, 0.05) is 22.7 Å². The van der Waals surface area contributed by atoms with Crippen molar-refractivity contribution in [1.29, 1.82) is 0 Å². The van der Waals surface area contributed by atoms with Crippen LogP contribution in [0.1, 0.15) is 18.9 Å². The zero-order chi connectivity index (χ0) is 14.8. The standard InChI is InChI=1S/C13H14IN5O2/c14-10-1-2-12(13(7-10)19(20)21)17-5-3-11(4-6-17)18-9-15-8-16-18/h1-2,7-9,11H,3-6H2. The van der Waals surface area contributed by atoms with Crippen LogP contribution in [0.3, 0.4) is 0 Å². The summed E-state index contributed by atoms with van der Waals surface area (Å²) in [6, 6.07) is 5.70. The van der Waals surface area contributed by atoms with Crippen LogP contribution in [0, 0.1) is 13.7 Å². The summed E-state index contributed by atoms with van der Waals surface area (Å²) in [4.78, 5) is 17.0. The number of hydrogen-bond donors (Lipinski definition) is 0. The predicted octanol–water partition coefficient (Wildman–Crippen LogP) is 2.63.